The highest BCUT2D eigenvalue weighted by molar-refractivity contribution is 7.99. The zero-order chi connectivity index (χ0) is 9.84. The van der Waals surface area contributed by atoms with Crippen molar-refractivity contribution in [2.75, 3.05) is 0 Å². The molecule has 0 fully saturated rings. The molecule has 2 nitrogen and oxygen atoms in total. The number of thioether (sulfide) groups is 1. The second kappa shape index (κ2) is 4.63. The van der Waals surface area contributed by atoms with Gasteiger partial charge in [0.1, 0.15) is 0 Å². The average molecular weight is 197 g/mol. The predicted octanol–water partition coefficient (Wildman–Crippen LogP) is 2.64. The number of pyridine rings is 1. The highest BCUT2D eigenvalue weighted by Gasteiger charge is 2.02. The summed E-state index contributed by atoms with van der Waals surface area (Å²) >= 11 is 1.73. The van der Waals surface area contributed by atoms with E-state index in [0.29, 0.717) is 5.25 Å². The molecule has 0 unspecified atom stereocenters. The molecule has 0 aromatic carbocycles. The van der Waals surface area contributed by atoms with E-state index in [-0.39, 0.29) is 0 Å². The molecule has 0 amide bonds. The minimum Gasteiger partial charge on any atom is -0.389 e. The summed E-state index contributed by atoms with van der Waals surface area (Å²) in [4.78, 5) is 4.24. The Morgan fingerprint density at radius 2 is 2.00 bits per heavy atom. The van der Waals surface area contributed by atoms with Gasteiger partial charge in [0.15, 0.2) is 0 Å². The number of nitrogens with zero attached hydrogens (tertiary/aromatic N) is 1. The largest absolute Gasteiger partial charge is 0.389 e. The van der Waals surface area contributed by atoms with Gasteiger partial charge in [-0.3, -0.25) is 0 Å². The molecule has 1 rings (SSSR count). The van der Waals surface area contributed by atoms with Crippen LogP contribution in [0.25, 0.3) is 0 Å². The van der Waals surface area contributed by atoms with Crippen molar-refractivity contribution in [3.05, 3.63) is 23.9 Å². The molecule has 0 aliphatic rings. The molecular formula is C10H15NOS. The average Bonchev–Trinajstić information content (AvgIpc) is 2.04. The smallest absolute Gasteiger partial charge is 0.0962 e. The van der Waals surface area contributed by atoms with Crippen molar-refractivity contribution in [1.82, 2.24) is 4.98 Å². The Morgan fingerprint density at radius 3 is 2.38 bits per heavy atom. The van der Waals surface area contributed by atoms with Crippen LogP contribution in [0.5, 0.6) is 0 Å². The topological polar surface area (TPSA) is 33.1 Å². The van der Waals surface area contributed by atoms with Crippen LogP contribution in [0.4, 0.5) is 0 Å². The van der Waals surface area contributed by atoms with E-state index in [1.807, 2.05) is 12.1 Å². The summed E-state index contributed by atoms with van der Waals surface area (Å²) < 4.78 is 0. The van der Waals surface area contributed by atoms with E-state index in [9.17, 15) is 5.11 Å². The number of hydrogen-bond donors (Lipinski definition) is 1. The molecule has 3 heteroatoms. The second-order valence-electron chi connectivity index (χ2n) is 3.27. The van der Waals surface area contributed by atoms with Gasteiger partial charge in [-0.15, -0.1) is 11.8 Å². The molecule has 1 N–H and O–H groups in total. The lowest BCUT2D eigenvalue weighted by molar-refractivity contribution is 0.198. The summed E-state index contributed by atoms with van der Waals surface area (Å²) in [6, 6.07) is 3.87. The first-order valence-electron chi connectivity index (χ1n) is 4.40. The maximum absolute atomic E-state index is 9.25. The van der Waals surface area contributed by atoms with E-state index in [2.05, 4.69) is 18.8 Å². The lowest BCUT2D eigenvalue weighted by Gasteiger charge is -2.06. The number of aliphatic hydroxyl groups is 1. The molecule has 0 spiro atoms. The van der Waals surface area contributed by atoms with Crippen LogP contribution in [0.1, 0.15) is 32.4 Å². The second-order valence-corrected chi connectivity index (χ2v) is 4.87. The summed E-state index contributed by atoms with van der Waals surface area (Å²) in [5.41, 5.74) is 0.869. The standard InChI is InChI=1S/C10H15NOS/c1-7(2)13-10-5-4-9(6-11-10)8(3)12/h4-8,12H,1-3H3/t8-/m1/s1. The molecule has 1 aromatic rings. The molecular weight excluding hydrogens is 182 g/mol. The van der Waals surface area contributed by atoms with E-state index < -0.39 is 6.10 Å². The van der Waals surface area contributed by atoms with Crippen molar-refractivity contribution in [3.8, 4) is 0 Å². The Balaban J connectivity index is 2.70. The highest BCUT2D eigenvalue weighted by atomic mass is 32.2. The molecule has 0 bridgehead atoms. The van der Waals surface area contributed by atoms with E-state index in [0.717, 1.165) is 10.6 Å². The maximum atomic E-state index is 9.25. The van der Waals surface area contributed by atoms with Gasteiger partial charge in [0.25, 0.3) is 0 Å². The first-order valence-corrected chi connectivity index (χ1v) is 5.28. The Bertz CT molecular complexity index is 256. The van der Waals surface area contributed by atoms with Crippen LogP contribution in [0.15, 0.2) is 23.4 Å². The third kappa shape index (κ3) is 3.36. The van der Waals surface area contributed by atoms with Gasteiger partial charge in [-0.2, -0.15) is 0 Å². The van der Waals surface area contributed by atoms with Gasteiger partial charge in [0.05, 0.1) is 11.1 Å². The monoisotopic (exact) mass is 197 g/mol. The molecule has 13 heavy (non-hydrogen) atoms. The number of hydrogen-bond acceptors (Lipinski definition) is 3. The zero-order valence-corrected chi connectivity index (χ0v) is 9.01. The first kappa shape index (κ1) is 10.5. The van der Waals surface area contributed by atoms with Crippen LogP contribution in [0.2, 0.25) is 0 Å². The molecule has 1 heterocycles. The molecule has 0 saturated heterocycles. The summed E-state index contributed by atoms with van der Waals surface area (Å²) in [5, 5.41) is 10.8. The van der Waals surface area contributed by atoms with E-state index >= 15 is 0 Å². The van der Waals surface area contributed by atoms with Crippen LogP contribution in [-0.2, 0) is 0 Å². The fourth-order valence-electron chi connectivity index (χ4n) is 0.950. The number of rotatable bonds is 3. The van der Waals surface area contributed by atoms with Gasteiger partial charge in [-0.05, 0) is 18.6 Å². The van der Waals surface area contributed by atoms with Gasteiger partial charge in [-0.1, -0.05) is 19.9 Å². The Hall–Kier alpha value is -0.540. The van der Waals surface area contributed by atoms with Crippen molar-refractivity contribution in [2.45, 2.75) is 37.2 Å². The van der Waals surface area contributed by atoms with Gasteiger partial charge in [0, 0.05) is 11.4 Å². The van der Waals surface area contributed by atoms with Crippen LogP contribution in [0, 0.1) is 0 Å². The van der Waals surface area contributed by atoms with Crippen LogP contribution in [0.3, 0.4) is 0 Å². The molecule has 1 atom stereocenters. The third-order valence-corrected chi connectivity index (χ3v) is 2.55. The molecule has 0 aliphatic heterocycles. The van der Waals surface area contributed by atoms with Crippen molar-refractivity contribution in [1.29, 1.82) is 0 Å². The zero-order valence-electron chi connectivity index (χ0n) is 8.19. The van der Waals surface area contributed by atoms with Crippen molar-refractivity contribution >= 4 is 11.8 Å². The lowest BCUT2D eigenvalue weighted by Crippen LogP contribution is -1.93. The molecule has 1 aromatic heterocycles. The number of aromatic nitrogens is 1. The molecule has 0 saturated carbocycles. The Morgan fingerprint density at radius 1 is 1.31 bits per heavy atom. The number of aliphatic hydroxyl groups excluding tert-OH is 1. The first-order chi connectivity index (χ1) is 6.09. The fourth-order valence-corrected chi connectivity index (χ4v) is 1.69. The maximum Gasteiger partial charge on any atom is 0.0962 e. The van der Waals surface area contributed by atoms with Crippen molar-refractivity contribution in [3.63, 3.8) is 0 Å². The molecule has 0 radical (unpaired) electrons. The highest BCUT2D eigenvalue weighted by Crippen LogP contribution is 2.21. The summed E-state index contributed by atoms with van der Waals surface area (Å²) in [7, 11) is 0. The van der Waals surface area contributed by atoms with Gasteiger partial charge < -0.3 is 5.11 Å². The summed E-state index contributed by atoms with van der Waals surface area (Å²) in [5.74, 6) is 0. The summed E-state index contributed by atoms with van der Waals surface area (Å²) in [6.45, 7) is 6.01. The normalized spacial score (nSPS) is 13.3. The Kier molecular flexibility index (Phi) is 3.75. The van der Waals surface area contributed by atoms with Crippen molar-refractivity contribution < 1.29 is 5.11 Å². The van der Waals surface area contributed by atoms with Crippen LogP contribution >= 0.6 is 11.8 Å². The van der Waals surface area contributed by atoms with Crippen LogP contribution < -0.4 is 0 Å². The van der Waals surface area contributed by atoms with E-state index in [1.54, 1.807) is 24.9 Å². The minimum atomic E-state index is -0.425. The van der Waals surface area contributed by atoms with Gasteiger partial charge >= 0.3 is 0 Å². The van der Waals surface area contributed by atoms with Gasteiger partial charge in [-0.25, -0.2) is 4.98 Å². The predicted molar refractivity (Wildman–Crippen MR) is 55.9 cm³/mol. The SMILES string of the molecule is CC(C)Sc1ccc([C@@H](C)O)cn1. The fraction of sp³-hybridized carbons (Fsp3) is 0.500. The third-order valence-electron chi connectivity index (χ3n) is 1.60. The molecule has 0 aliphatic carbocycles. The Labute approximate surface area is 83.4 Å². The van der Waals surface area contributed by atoms with Crippen LogP contribution in [-0.4, -0.2) is 15.3 Å². The molecule has 72 valence electrons. The minimum absolute atomic E-state index is 0.425. The van der Waals surface area contributed by atoms with Gasteiger partial charge in [0.2, 0.25) is 0 Å². The van der Waals surface area contributed by atoms with E-state index in [4.69, 9.17) is 0 Å². The quantitative estimate of drug-likeness (QED) is 0.756. The summed E-state index contributed by atoms with van der Waals surface area (Å²) in [6.07, 6.45) is 1.31. The lowest BCUT2D eigenvalue weighted by atomic mass is 10.2. The van der Waals surface area contributed by atoms with Crippen molar-refractivity contribution in [2.24, 2.45) is 0 Å². The van der Waals surface area contributed by atoms with E-state index in [1.165, 1.54) is 0 Å².